The number of carbonyl (C=O) groups is 2. The first-order valence-electron chi connectivity index (χ1n) is 6.68. The van der Waals surface area contributed by atoms with Crippen molar-refractivity contribution in [3.8, 4) is 0 Å². The zero-order valence-corrected chi connectivity index (χ0v) is 13.9. The second kappa shape index (κ2) is 6.02. The molecule has 1 amide bonds. The molecule has 0 radical (unpaired) electrons. The quantitative estimate of drug-likeness (QED) is 0.615. The van der Waals surface area contributed by atoms with E-state index in [1.54, 1.807) is 31.3 Å². The zero-order chi connectivity index (χ0) is 17.4. The minimum absolute atomic E-state index is 0.0637. The first-order chi connectivity index (χ1) is 11.4. The molecular weight excluding hydrogens is 354 g/mol. The minimum Gasteiger partial charge on any atom is -0.463 e. The van der Waals surface area contributed by atoms with Crippen LogP contribution in [0.5, 0.6) is 0 Å². The Labute approximate surface area is 145 Å². The molecule has 0 aliphatic heterocycles. The molecule has 0 atom stereocenters. The molecule has 0 fully saturated rings. The number of hydrazine groups is 1. The van der Waals surface area contributed by atoms with Gasteiger partial charge in [-0.05, 0) is 30.3 Å². The van der Waals surface area contributed by atoms with E-state index in [9.17, 15) is 9.59 Å². The Morgan fingerprint density at radius 2 is 2.04 bits per heavy atom. The third kappa shape index (κ3) is 2.86. The van der Waals surface area contributed by atoms with Gasteiger partial charge in [-0.2, -0.15) is 4.68 Å². The summed E-state index contributed by atoms with van der Waals surface area (Å²) in [5, 5.41) is 15.4. The number of amides is 1. The lowest BCUT2D eigenvalue weighted by molar-refractivity contribution is 0.0955. The maximum Gasteiger partial charge on any atom is 0.433 e. The maximum absolute atomic E-state index is 12.4. The number of hydrogen-bond acceptors (Lipinski definition) is 6. The standard InChI is InChI=1S/C14H12ClN5O3S/c1-19(8-4-2-7(15)3-5-8)18-12(21)10-6-9-11(16)17-20(14(22)23)13(9)24-10/h2-6H,1H3,(H2,16,17)(H,18,21)(H,22,23). The molecule has 0 saturated carbocycles. The van der Waals surface area contributed by atoms with Crippen molar-refractivity contribution in [2.45, 2.75) is 0 Å². The number of rotatable bonds is 3. The van der Waals surface area contributed by atoms with E-state index in [1.165, 1.54) is 11.1 Å². The van der Waals surface area contributed by atoms with Gasteiger partial charge in [-0.3, -0.25) is 15.2 Å². The second-order valence-corrected chi connectivity index (χ2v) is 6.35. The van der Waals surface area contributed by atoms with Crippen molar-refractivity contribution in [1.29, 1.82) is 0 Å². The molecule has 124 valence electrons. The molecule has 0 bridgehead atoms. The van der Waals surface area contributed by atoms with Crippen molar-refractivity contribution in [3.05, 3.63) is 40.2 Å². The molecule has 3 aromatic rings. The monoisotopic (exact) mass is 365 g/mol. The lowest BCUT2D eigenvalue weighted by Gasteiger charge is -2.19. The lowest BCUT2D eigenvalue weighted by atomic mass is 10.3. The molecule has 0 saturated heterocycles. The van der Waals surface area contributed by atoms with Gasteiger partial charge < -0.3 is 10.8 Å². The van der Waals surface area contributed by atoms with Crippen LogP contribution >= 0.6 is 22.9 Å². The number of nitrogens with zero attached hydrogens (tertiary/aromatic N) is 3. The number of nitrogen functional groups attached to an aromatic ring is 1. The number of thiophene rings is 1. The van der Waals surface area contributed by atoms with Crippen LogP contribution in [0.15, 0.2) is 30.3 Å². The highest BCUT2D eigenvalue weighted by atomic mass is 35.5. The summed E-state index contributed by atoms with van der Waals surface area (Å²) < 4.78 is 0.759. The van der Waals surface area contributed by atoms with E-state index in [4.69, 9.17) is 22.4 Å². The topological polar surface area (TPSA) is 113 Å². The Morgan fingerprint density at radius 3 is 2.67 bits per heavy atom. The molecule has 0 aliphatic carbocycles. The Kier molecular flexibility index (Phi) is 4.04. The third-order valence-electron chi connectivity index (χ3n) is 3.28. The summed E-state index contributed by atoms with van der Waals surface area (Å²) in [5.41, 5.74) is 9.13. The van der Waals surface area contributed by atoms with Crippen molar-refractivity contribution in [1.82, 2.24) is 15.2 Å². The summed E-state index contributed by atoms with van der Waals surface area (Å²) in [6.07, 6.45) is -1.26. The van der Waals surface area contributed by atoms with Gasteiger partial charge in [0.05, 0.1) is 16.0 Å². The highest BCUT2D eigenvalue weighted by Gasteiger charge is 2.20. The van der Waals surface area contributed by atoms with Crippen LogP contribution < -0.4 is 16.2 Å². The predicted octanol–water partition coefficient (Wildman–Crippen LogP) is 2.64. The van der Waals surface area contributed by atoms with Gasteiger partial charge in [0, 0.05) is 12.1 Å². The fraction of sp³-hybridized carbons (Fsp3) is 0.0714. The van der Waals surface area contributed by atoms with Gasteiger partial charge in [-0.1, -0.05) is 11.6 Å². The summed E-state index contributed by atoms with van der Waals surface area (Å²) >= 11 is 6.83. The summed E-state index contributed by atoms with van der Waals surface area (Å²) in [5.74, 6) is -0.321. The summed E-state index contributed by atoms with van der Waals surface area (Å²) in [4.78, 5) is 24.1. The van der Waals surface area contributed by atoms with Crippen LogP contribution in [-0.4, -0.2) is 33.9 Å². The molecule has 24 heavy (non-hydrogen) atoms. The van der Waals surface area contributed by atoms with Crippen LogP contribution in [-0.2, 0) is 0 Å². The van der Waals surface area contributed by atoms with Gasteiger partial charge in [-0.15, -0.1) is 16.4 Å². The van der Waals surface area contributed by atoms with Gasteiger partial charge in [0.1, 0.15) is 4.83 Å². The number of anilines is 2. The Morgan fingerprint density at radius 1 is 1.38 bits per heavy atom. The van der Waals surface area contributed by atoms with Gasteiger partial charge in [0.15, 0.2) is 5.82 Å². The predicted molar refractivity (Wildman–Crippen MR) is 92.8 cm³/mol. The Hall–Kier alpha value is -2.78. The third-order valence-corrected chi connectivity index (χ3v) is 4.64. The van der Waals surface area contributed by atoms with Crippen LogP contribution in [0.25, 0.3) is 10.2 Å². The number of nitrogens with one attached hydrogen (secondary N) is 1. The number of carbonyl (C=O) groups excluding carboxylic acids is 1. The van der Waals surface area contributed by atoms with Crippen LogP contribution in [0, 0.1) is 0 Å². The highest BCUT2D eigenvalue weighted by molar-refractivity contribution is 7.20. The maximum atomic E-state index is 12.4. The molecule has 0 spiro atoms. The van der Waals surface area contributed by atoms with E-state index >= 15 is 0 Å². The van der Waals surface area contributed by atoms with E-state index in [-0.39, 0.29) is 11.7 Å². The fourth-order valence-electron chi connectivity index (χ4n) is 2.11. The first kappa shape index (κ1) is 16.1. The van der Waals surface area contributed by atoms with Crippen molar-refractivity contribution in [3.63, 3.8) is 0 Å². The SMILES string of the molecule is CN(NC(=O)c1cc2c(N)nn(C(=O)O)c2s1)c1ccc(Cl)cc1. The number of hydrogen-bond donors (Lipinski definition) is 3. The smallest absolute Gasteiger partial charge is 0.433 e. The van der Waals surface area contributed by atoms with E-state index in [0.717, 1.165) is 21.7 Å². The molecular formula is C14H12ClN5O3S. The van der Waals surface area contributed by atoms with Crippen LogP contribution in [0.2, 0.25) is 5.02 Å². The summed E-state index contributed by atoms with van der Waals surface area (Å²) in [7, 11) is 1.68. The number of halogens is 1. The highest BCUT2D eigenvalue weighted by Crippen LogP contribution is 2.30. The molecule has 8 nitrogen and oxygen atoms in total. The number of benzene rings is 1. The van der Waals surface area contributed by atoms with Crippen LogP contribution in [0.3, 0.4) is 0 Å². The average Bonchev–Trinajstić information content (AvgIpc) is 3.08. The van der Waals surface area contributed by atoms with E-state index in [2.05, 4.69) is 10.5 Å². The molecule has 2 aromatic heterocycles. The van der Waals surface area contributed by atoms with Gasteiger partial charge in [-0.25, -0.2) is 4.79 Å². The lowest BCUT2D eigenvalue weighted by Crippen LogP contribution is -2.38. The van der Waals surface area contributed by atoms with Gasteiger partial charge in [0.2, 0.25) is 0 Å². The summed E-state index contributed by atoms with van der Waals surface area (Å²) in [6.45, 7) is 0. The molecule has 3 rings (SSSR count). The van der Waals surface area contributed by atoms with Crippen molar-refractivity contribution in [2.24, 2.45) is 0 Å². The fourth-order valence-corrected chi connectivity index (χ4v) is 3.24. The second-order valence-electron chi connectivity index (χ2n) is 4.89. The van der Waals surface area contributed by atoms with Crippen molar-refractivity contribution in [2.75, 3.05) is 17.8 Å². The van der Waals surface area contributed by atoms with E-state index in [1.807, 2.05) is 0 Å². The van der Waals surface area contributed by atoms with Crippen LogP contribution in [0.4, 0.5) is 16.3 Å². The number of aromatic nitrogens is 2. The molecule has 0 unspecified atom stereocenters. The first-order valence-corrected chi connectivity index (χ1v) is 7.88. The average molecular weight is 366 g/mol. The summed E-state index contributed by atoms with van der Waals surface area (Å²) in [6, 6.07) is 8.46. The number of fused-ring (bicyclic) bond motifs is 1. The van der Waals surface area contributed by atoms with Gasteiger partial charge >= 0.3 is 6.09 Å². The number of nitrogens with two attached hydrogens (primary N) is 1. The molecule has 0 aliphatic rings. The molecule has 10 heteroatoms. The normalized spacial score (nSPS) is 10.8. The Balaban J connectivity index is 1.84. The molecule has 1 aromatic carbocycles. The van der Waals surface area contributed by atoms with Crippen molar-refractivity contribution < 1.29 is 14.7 Å². The van der Waals surface area contributed by atoms with Crippen molar-refractivity contribution >= 4 is 56.7 Å². The largest absolute Gasteiger partial charge is 0.463 e. The molecule has 2 heterocycles. The van der Waals surface area contributed by atoms with E-state index < -0.39 is 6.09 Å². The minimum atomic E-state index is -1.26. The Bertz CT molecular complexity index is 934. The molecule has 4 N–H and O–H groups in total. The van der Waals surface area contributed by atoms with Crippen LogP contribution in [0.1, 0.15) is 9.67 Å². The van der Waals surface area contributed by atoms with Gasteiger partial charge in [0.25, 0.3) is 5.91 Å². The number of carboxylic acid groups (broad SMARTS) is 1. The zero-order valence-electron chi connectivity index (χ0n) is 12.4. The van der Waals surface area contributed by atoms with E-state index in [0.29, 0.717) is 20.1 Å².